The van der Waals surface area contributed by atoms with Gasteiger partial charge in [-0.2, -0.15) is 0 Å². The van der Waals surface area contributed by atoms with Gasteiger partial charge < -0.3 is 20.3 Å². The van der Waals surface area contributed by atoms with Crippen LogP contribution in [0, 0.1) is 13.8 Å². The van der Waals surface area contributed by atoms with Crippen molar-refractivity contribution in [1.29, 1.82) is 0 Å². The smallest absolute Gasteiger partial charge is 0.408 e. The third-order valence-corrected chi connectivity index (χ3v) is 7.86. The van der Waals surface area contributed by atoms with Gasteiger partial charge in [-0.3, -0.25) is 9.59 Å². The van der Waals surface area contributed by atoms with Gasteiger partial charge in [0.25, 0.3) is 5.91 Å². The summed E-state index contributed by atoms with van der Waals surface area (Å²) in [6.45, 7) is 9.37. The lowest BCUT2D eigenvalue weighted by atomic mass is 9.97. The van der Waals surface area contributed by atoms with Crippen molar-refractivity contribution >= 4 is 34.4 Å². The molecule has 228 valence electrons. The van der Waals surface area contributed by atoms with E-state index in [2.05, 4.69) is 10.6 Å². The molecule has 0 spiro atoms. The fraction of sp³-hybridized carbons (Fsp3) is 0.324. The molecule has 4 aromatic carbocycles. The number of ether oxygens (including phenoxy) is 1. The zero-order valence-corrected chi connectivity index (χ0v) is 26.1. The van der Waals surface area contributed by atoms with Crippen molar-refractivity contribution in [2.75, 3.05) is 5.32 Å². The van der Waals surface area contributed by atoms with Gasteiger partial charge in [0.05, 0.1) is 0 Å². The second kappa shape index (κ2) is 12.9. The summed E-state index contributed by atoms with van der Waals surface area (Å²) >= 11 is 0. The van der Waals surface area contributed by atoms with E-state index in [0.29, 0.717) is 5.69 Å². The molecule has 1 aliphatic rings. The minimum Gasteiger partial charge on any atom is -0.444 e. The molecule has 5 rings (SSSR count). The Morgan fingerprint density at radius 1 is 0.841 bits per heavy atom. The maximum Gasteiger partial charge on any atom is 0.408 e. The molecule has 0 heterocycles. The fourth-order valence-corrected chi connectivity index (χ4v) is 5.40. The maximum absolute atomic E-state index is 14.6. The molecule has 4 aromatic rings. The van der Waals surface area contributed by atoms with E-state index in [-0.39, 0.29) is 24.3 Å². The Morgan fingerprint density at radius 2 is 1.52 bits per heavy atom. The van der Waals surface area contributed by atoms with Gasteiger partial charge in [-0.15, -0.1) is 0 Å². The fourth-order valence-electron chi connectivity index (χ4n) is 5.40. The van der Waals surface area contributed by atoms with Crippen LogP contribution in [0.3, 0.4) is 0 Å². The summed E-state index contributed by atoms with van der Waals surface area (Å²) in [5.41, 5.74) is 3.66. The van der Waals surface area contributed by atoms with E-state index in [4.69, 9.17) is 4.74 Å². The first-order valence-corrected chi connectivity index (χ1v) is 15.2. The Morgan fingerprint density at radius 3 is 2.18 bits per heavy atom. The number of hydrogen-bond donors (Lipinski definition) is 2. The normalized spacial score (nSPS) is 14.4. The molecule has 0 bridgehead atoms. The van der Waals surface area contributed by atoms with Crippen LogP contribution in [0.25, 0.3) is 10.8 Å². The number of amides is 3. The number of aryl methyl sites for hydroxylation is 2. The van der Waals surface area contributed by atoms with Crippen molar-refractivity contribution in [3.05, 3.63) is 113 Å². The topological polar surface area (TPSA) is 87.7 Å². The molecular formula is C37H41N3O4. The van der Waals surface area contributed by atoms with Crippen molar-refractivity contribution in [3.63, 3.8) is 0 Å². The standard InChI is InChI=1S/C37H41N3O4/c1-24-15-16-29(21-25(24)2)33(34(41)38-30-18-17-27-13-9-10-14-28(27)23-30)40(31-19-20-31)35(42)32(22-26-11-7-6-8-12-26)39-36(43)44-37(3,4)5/h6-18,21,23,31-33H,19-20,22H2,1-5H3,(H,38,41)(H,39,43). The highest BCUT2D eigenvalue weighted by molar-refractivity contribution is 6.00. The quantitative estimate of drug-likeness (QED) is 0.214. The number of anilines is 1. The molecular weight excluding hydrogens is 550 g/mol. The molecule has 2 unspecified atom stereocenters. The van der Waals surface area contributed by atoms with Crippen LogP contribution in [0.15, 0.2) is 91.0 Å². The number of fused-ring (bicyclic) bond motifs is 1. The van der Waals surface area contributed by atoms with Gasteiger partial charge >= 0.3 is 6.09 Å². The monoisotopic (exact) mass is 591 g/mol. The van der Waals surface area contributed by atoms with Crippen molar-refractivity contribution in [2.45, 2.75) is 77.6 Å². The number of rotatable bonds is 9. The SMILES string of the molecule is Cc1ccc(C(C(=O)Nc2ccc3ccccc3c2)N(C(=O)C(Cc2ccccc2)NC(=O)OC(C)(C)C)C2CC2)cc1C. The number of carbonyl (C=O) groups is 3. The van der Waals surface area contributed by atoms with Gasteiger partial charge in [-0.25, -0.2) is 4.79 Å². The summed E-state index contributed by atoms with van der Waals surface area (Å²) in [6, 6.07) is 27.2. The van der Waals surface area contributed by atoms with Crippen molar-refractivity contribution in [2.24, 2.45) is 0 Å². The van der Waals surface area contributed by atoms with Crippen LogP contribution >= 0.6 is 0 Å². The van der Waals surface area contributed by atoms with Crippen LogP contribution in [0.1, 0.15) is 61.9 Å². The number of hydrogen-bond acceptors (Lipinski definition) is 4. The Balaban J connectivity index is 1.52. The van der Waals surface area contributed by atoms with Gasteiger partial charge in [-0.05, 0) is 92.6 Å². The second-order valence-electron chi connectivity index (χ2n) is 12.7. The number of benzene rings is 4. The molecule has 0 aromatic heterocycles. The highest BCUT2D eigenvalue weighted by Crippen LogP contribution is 2.37. The lowest BCUT2D eigenvalue weighted by Crippen LogP contribution is -2.54. The van der Waals surface area contributed by atoms with Gasteiger partial charge in [0.15, 0.2) is 0 Å². The zero-order chi connectivity index (χ0) is 31.4. The lowest BCUT2D eigenvalue weighted by Gasteiger charge is -2.35. The summed E-state index contributed by atoms with van der Waals surface area (Å²) in [5, 5.41) is 8.02. The van der Waals surface area contributed by atoms with E-state index in [1.807, 2.05) is 105 Å². The van der Waals surface area contributed by atoms with Gasteiger partial charge in [0, 0.05) is 18.2 Å². The largest absolute Gasteiger partial charge is 0.444 e. The third kappa shape index (κ3) is 7.64. The molecule has 3 amide bonds. The molecule has 0 saturated heterocycles. The van der Waals surface area contributed by atoms with E-state index in [9.17, 15) is 14.4 Å². The minimum absolute atomic E-state index is 0.129. The predicted octanol–water partition coefficient (Wildman–Crippen LogP) is 7.26. The minimum atomic E-state index is -0.935. The van der Waals surface area contributed by atoms with Crippen LogP contribution < -0.4 is 10.6 Å². The lowest BCUT2D eigenvalue weighted by molar-refractivity contribution is -0.141. The molecule has 2 atom stereocenters. The number of nitrogens with zero attached hydrogens (tertiary/aromatic N) is 1. The average Bonchev–Trinajstić information content (AvgIpc) is 3.81. The Kier molecular flexibility index (Phi) is 9.04. The highest BCUT2D eigenvalue weighted by atomic mass is 16.6. The molecule has 1 saturated carbocycles. The third-order valence-electron chi connectivity index (χ3n) is 7.86. The summed E-state index contributed by atoms with van der Waals surface area (Å²) in [5.74, 6) is -0.626. The summed E-state index contributed by atoms with van der Waals surface area (Å²) in [4.78, 5) is 43.6. The van der Waals surface area contributed by atoms with Crippen LogP contribution in [-0.2, 0) is 20.7 Å². The van der Waals surface area contributed by atoms with Gasteiger partial charge in [0.2, 0.25) is 5.91 Å². The van der Waals surface area contributed by atoms with Crippen molar-refractivity contribution in [1.82, 2.24) is 10.2 Å². The highest BCUT2D eigenvalue weighted by Gasteiger charge is 2.44. The average molecular weight is 592 g/mol. The summed E-state index contributed by atoms with van der Waals surface area (Å²) in [7, 11) is 0. The maximum atomic E-state index is 14.6. The van der Waals surface area contributed by atoms with Crippen LogP contribution in [-0.4, -0.2) is 40.5 Å². The molecule has 0 aliphatic heterocycles. The number of alkyl carbamates (subject to hydrolysis) is 1. The van der Waals surface area contributed by atoms with Crippen molar-refractivity contribution in [3.8, 4) is 0 Å². The second-order valence-corrected chi connectivity index (χ2v) is 12.7. The van der Waals surface area contributed by atoms with Crippen LogP contribution in [0.2, 0.25) is 0 Å². The first-order valence-electron chi connectivity index (χ1n) is 15.2. The molecule has 7 heteroatoms. The van der Waals surface area contributed by atoms with Crippen LogP contribution in [0.4, 0.5) is 10.5 Å². The van der Waals surface area contributed by atoms with E-state index in [1.165, 1.54) is 0 Å². The van der Waals surface area contributed by atoms with E-state index < -0.39 is 23.8 Å². The Hall–Kier alpha value is -4.65. The molecule has 44 heavy (non-hydrogen) atoms. The van der Waals surface area contributed by atoms with E-state index in [1.54, 1.807) is 25.7 Å². The molecule has 1 aliphatic carbocycles. The van der Waals surface area contributed by atoms with E-state index in [0.717, 1.165) is 45.9 Å². The number of nitrogens with one attached hydrogen (secondary N) is 2. The van der Waals surface area contributed by atoms with Crippen molar-refractivity contribution < 1.29 is 19.1 Å². The first-order chi connectivity index (χ1) is 21.0. The molecule has 1 fully saturated rings. The zero-order valence-electron chi connectivity index (χ0n) is 26.1. The Labute approximate surface area is 259 Å². The predicted molar refractivity (Wildman–Crippen MR) is 174 cm³/mol. The molecule has 2 N–H and O–H groups in total. The summed E-state index contributed by atoms with van der Waals surface area (Å²) < 4.78 is 5.55. The first kappa shape index (κ1) is 30.8. The summed E-state index contributed by atoms with van der Waals surface area (Å²) in [6.07, 6.45) is 1.14. The molecule has 0 radical (unpaired) electrons. The Bertz CT molecular complexity index is 1660. The van der Waals surface area contributed by atoms with E-state index >= 15 is 0 Å². The molecule has 7 nitrogen and oxygen atoms in total. The number of carbonyl (C=O) groups excluding carboxylic acids is 3. The van der Waals surface area contributed by atoms with Crippen LogP contribution in [0.5, 0.6) is 0 Å². The van der Waals surface area contributed by atoms with Gasteiger partial charge in [-0.1, -0.05) is 78.9 Å². The van der Waals surface area contributed by atoms with Gasteiger partial charge in [0.1, 0.15) is 17.7 Å².